The second kappa shape index (κ2) is 7.92. The van der Waals surface area contributed by atoms with Crippen LogP contribution in [-0.4, -0.2) is 30.4 Å². The molecule has 0 aliphatic carbocycles. The Morgan fingerprint density at radius 3 is 2.52 bits per heavy atom. The molecular formula is C22H21N3O5S. The Kier molecular flexibility index (Phi) is 5.28. The average Bonchev–Trinajstić information content (AvgIpc) is 3.31. The summed E-state index contributed by atoms with van der Waals surface area (Å²) >= 11 is 0. The number of aromatic nitrogens is 2. The van der Waals surface area contributed by atoms with Gasteiger partial charge in [0.25, 0.3) is 5.91 Å². The highest BCUT2D eigenvalue weighted by Gasteiger charge is 2.24. The van der Waals surface area contributed by atoms with Crippen molar-refractivity contribution in [3.63, 3.8) is 0 Å². The van der Waals surface area contributed by atoms with Crippen LogP contribution >= 0.6 is 0 Å². The lowest BCUT2D eigenvalue weighted by Crippen LogP contribution is -2.14. The summed E-state index contributed by atoms with van der Waals surface area (Å²) in [5.41, 5.74) is 0.903. The maximum atomic E-state index is 13.1. The van der Waals surface area contributed by atoms with E-state index in [4.69, 9.17) is 9.15 Å². The fourth-order valence-corrected chi connectivity index (χ4v) is 3.91. The van der Waals surface area contributed by atoms with Crippen LogP contribution in [0, 0.1) is 0 Å². The molecule has 8 nitrogen and oxygen atoms in total. The highest BCUT2D eigenvalue weighted by molar-refractivity contribution is 7.90. The Morgan fingerprint density at radius 1 is 1.16 bits per heavy atom. The van der Waals surface area contributed by atoms with Gasteiger partial charge in [-0.1, -0.05) is 13.0 Å². The number of carbonyl (C=O) groups excluding carboxylic acids is 1. The van der Waals surface area contributed by atoms with Crippen molar-refractivity contribution in [1.82, 2.24) is 9.78 Å². The van der Waals surface area contributed by atoms with Crippen LogP contribution in [0.4, 0.5) is 5.82 Å². The van der Waals surface area contributed by atoms with Crippen molar-refractivity contribution in [2.75, 3.05) is 11.6 Å². The molecule has 0 saturated heterocycles. The van der Waals surface area contributed by atoms with Gasteiger partial charge < -0.3 is 14.5 Å². The minimum absolute atomic E-state index is 0.199. The molecule has 31 heavy (non-hydrogen) atoms. The molecule has 4 aromatic rings. The zero-order valence-electron chi connectivity index (χ0n) is 17.2. The van der Waals surface area contributed by atoms with Gasteiger partial charge in [-0.05, 0) is 36.4 Å². The van der Waals surface area contributed by atoms with Crippen LogP contribution in [0.2, 0.25) is 0 Å². The highest BCUT2D eigenvalue weighted by Crippen LogP contribution is 2.37. The third-order valence-electron chi connectivity index (χ3n) is 4.73. The summed E-state index contributed by atoms with van der Waals surface area (Å²) in [6.07, 6.45) is 3.40. The van der Waals surface area contributed by atoms with Crippen molar-refractivity contribution >= 4 is 32.5 Å². The zero-order chi connectivity index (χ0) is 22.2. The molecule has 0 saturated carbocycles. The van der Waals surface area contributed by atoms with Crippen LogP contribution in [0.3, 0.4) is 0 Å². The number of amides is 1. The fourth-order valence-electron chi connectivity index (χ4n) is 3.28. The topological polar surface area (TPSA) is 103 Å². The first-order valence-corrected chi connectivity index (χ1v) is 11.5. The number of anilines is 1. The first kappa shape index (κ1) is 20.7. The number of hydrogen-bond donors (Lipinski definition) is 1. The van der Waals surface area contributed by atoms with Crippen molar-refractivity contribution in [2.45, 2.75) is 18.2 Å². The Bertz CT molecular complexity index is 1370. The molecule has 2 heterocycles. The van der Waals surface area contributed by atoms with Gasteiger partial charge in [0.05, 0.1) is 15.8 Å². The lowest BCUT2D eigenvalue weighted by atomic mass is 10.1. The Hall–Kier alpha value is -3.59. The molecule has 0 spiro atoms. The normalized spacial score (nSPS) is 11.6. The molecule has 160 valence electrons. The van der Waals surface area contributed by atoms with Crippen molar-refractivity contribution in [3.05, 3.63) is 66.1 Å². The molecule has 0 aliphatic rings. The molecule has 4 rings (SSSR count). The molecule has 1 amide bonds. The van der Waals surface area contributed by atoms with Crippen LogP contribution in [0.1, 0.15) is 23.0 Å². The number of carbonyl (C=O) groups is 1. The van der Waals surface area contributed by atoms with Gasteiger partial charge in [0.2, 0.25) is 0 Å². The van der Waals surface area contributed by atoms with Gasteiger partial charge in [-0.15, -0.1) is 0 Å². The summed E-state index contributed by atoms with van der Waals surface area (Å²) in [4.78, 5) is 13.3. The van der Waals surface area contributed by atoms with Crippen LogP contribution in [-0.2, 0) is 23.3 Å². The van der Waals surface area contributed by atoms with Crippen LogP contribution in [0.25, 0.3) is 11.0 Å². The van der Waals surface area contributed by atoms with Gasteiger partial charge >= 0.3 is 0 Å². The minimum Gasteiger partial charge on any atom is -0.460 e. The van der Waals surface area contributed by atoms with E-state index in [0.29, 0.717) is 46.0 Å². The van der Waals surface area contributed by atoms with E-state index in [1.165, 1.54) is 12.1 Å². The number of rotatable bonds is 6. The number of benzene rings is 2. The number of nitrogens with zero attached hydrogens (tertiary/aromatic N) is 2. The maximum absolute atomic E-state index is 13.1. The SMILES string of the molecule is CCc1oc2cccc(Oc3ccc(S(C)(=O)=O)cc3)c2c1C(=O)Nc1ccn(C)n1. The van der Waals surface area contributed by atoms with E-state index >= 15 is 0 Å². The molecular weight excluding hydrogens is 418 g/mol. The monoisotopic (exact) mass is 439 g/mol. The quantitative estimate of drug-likeness (QED) is 0.483. The molecule has 0 fully saturated rings. The lowest BCUT2D eigenvalue weighted by Gasteiger charge is -2.09. The highest BCUT2D eigenvalue weighted by atomic mass is 32.2. The summed E-state index contributed by atoms with van der Waals surface area (Å²) in [5.74, 6) is 1.48. The van der Waals surface area contributed by atoms with Crippen molar-refractivity contribution in [3.8, 4) is 11.5 Å². The van der Waals surface area contributed by atoms with Crippen LogP contribution in [0.15, 0.2) is 64.0 Å². The van der Waals surface area contributed by atoms with Gasteiger partial charge in [0, 0.05) is 32.0 Å². The van der Waals surface area contributed by atoms with Gasteiger partial charge in [-0.25, -0.2) is 8.42 Å². The van der Waals surface area contributed by atoms with E-state index < -0.39 is 9.84 Å². The number of hydrogen-bond acceptors (Lipinski definition) is 6. The predicted octanol–water partition coefficient (Wildman–Crippen LogP) is 4.18. The number of nitrogens with one attached hydrogen (secondary N) is 1. The summed E-state index contributed by atoms with van der Waals surface area (Å²) in [7, 11) is -1.54. The van der Waals surface area contributed by atoms with Crippen molar-refractivity contribution < 1.29 is 22.4 Å². The van der Waals surface area contributed by atoms with Gasteiger partial charge in [-0.2, -0.15) is 5.10 Å². The molecule has 0 aliphatic heterocycles. The van der Waals surface area contributed by atoms with Crippen LogP contribution < -0.4 is 10.1 Å². The predicted molar refractivity (Wildman–Crippen MR) is 116 cm³/mol. The van der Waals surface area contributed by atoms with E-state index in [1.807, 2.05) is 6.92 Å². The summed E-state index contributed by atoms with van der Waals surface area (Å²) in [6.45, 7) is 1.90. The smallest absolute Gasteiger partial charge is 0.261 e. The summed E-state index contributed by atoms with van der Waals surface area (Å²) in [5, 5.41) is 7.52. The fraction of sp³-hybridized carbons (Fsp3) is 0.182. The molecule has 0 bridgehead atoms. The van der Waals surface area contributed by atoms with Gasteiger partial charge in [0.1, 0.15) is 22.8 Å². The third-order valence-corrected chi connectivity index (χ3v) is 5.86. The Labute approximate surface area is 179 Å². The molecule has 2 aromatic carbocycles. The van der Waals surface area contributed by atoms with E-state index in [1.54, 1.807) is 54.3 Å². The lowest BCUT2D eigenvalue weighted by molar-refractivity contribution is 0.102. The minimum atomic E-state index is -3.30. The second-order valence-electron chi connectivity index (χ2n) is 7.06. The summed E-state index contributed by atoms with van der Waals surface area (Å²) in [6, 6.07) is 13.1. The number of sulfone groups is 1. The molecule has 0 unspecified atom stereocenters. The van der Waals surface area contributed by atoms with E-state index in [0.717, 1.165) is 6.26 Å². The first-order valence-electron chi connectivity index (χ1n) is 9.59. The first-order chi connectivity index (χ1) is 14.8. The number of ether oxygens (including phenoxy) is 1. The molecule has 0 atom stereocenters. The molecule has 0 radical (unpaired) electrons. The second-order valence-corrected chi connectivity index (χ2v) is 9.07. The number of furan rings is 1. The van der Waals surface area contributed by atoms with E-state index in [2.05, 4.69) is 10.4 Å². The van der Waals surface area contributed by atoms with Gasteiger partial charge in [0.15, 0.2) is 15.7 Å². The van der Waals surface area contributed by atoms with Gasteiger partial charge in [-0.3, -0.25) is 9.48 Å². The van der Waals surface area contributed by atoms with Crippen molar-refractivity contribution in [1.29, 1.82) is 0 Å². The Balaban J connectivity index is 1.74. The standard InChI is InChI=1S/C22H21N3O5S/c1-4-16-21(22(26)23-19-12-13-25(2)24-19)20-17(6-5-7-18(20)30-16)29-14-8-10-15(11-9-14)31(3,27)28/h5-13H,4H2,1-3H3,(H,23,24,26). The largest absolute Gasteiger partial charge is 0.460 e. The van der Waals surface area contributed by atoms with Crippen LogP contribution in [0.5, 0.6) is 11.5 Å². The zero-order valence-corrected chi connectivity index (χ0v) is 18.1. The maximum Gasteiger partial charge on any atom is 0.261 e. The summed E-state index contributed by atoms with van der Waals surface area (Å²) < 4.78 is 36.9. The molecule has 9 heteroatoms. The third kappa shape index (κ3) is 4.17. The Morgan fingerprint density at radius 2 is 1.90 bits per heavy atom. The van der Waals surface area contributed by atoms with E-state index in [9.17, 15) is 13.2 Å². The molecule has 2 aromatic heterocycles. The van der Waals surface area contributed by atoms with Crippen molar-refractivity contribution in [2.24, 2.45) is 7.05 Å². The van der Waals surface area contributed by atoms with E-state index in [-0.39, 0.29) is 10.8 Å². The average molecular weight is 439 g/mol. The number of fused-ring (bicyclic) bond motifs is 1. The number of aryl methyl sites for hydroxylation is 2. The molecule has 1 N–H and O–H groups in total.